The van der Waals surface area contributed by atoms with Gasteiger partial charge in [0.25, 0.3) is 0 Å². The number of nitrogens with zero attached hydrogens (tertiary/aromatic N) is 2. The van der Waals surface area contributed by atoms with E-state index in [4.69, 9.17) is 5.73 Å². The topological polar surface area (TPSA) is 43.8 Å². The van der Waals surface area contributed by atoms with Gasteiger partial charge in [-0.2, -0.15) is 5.10 Å². The van der Waals surface area contributed by atoms with Crippen molar-refractivity contribution < 1.29 is 0 Å². The zero-order valence-corrected chi connectivity index (χ0v) is 9.25. The zero-order valence-electron chi connectivity index (χ0n) is 9.25. The average Bonchev–Trinajstić information content (AvgIpc) is 2.26. The Balaban J connectivity index is 1.96. The molecule has 0 aliphatic heterocycles. The van der Waals surface area contributed by atoms with E-state index in [0.717, 1.165) is 12.5 Å². The van der Waals surface area contributed by atoms with Gasteiger partial charge in [-0.1, -0.05) is 13.8 Å². The van der Waals surface area contributed by atoms with Gasteiger partial charge in [-0.25, -0.2) is 0 Å². The van der Waals surface area contributed by atoms with Crippen LogP contribution in [0.1, 0.15) is 32.4 Å². The lowest BCUT2D eigenvalue weighted by Gasteiger charge is -2.42. The molecule has 78 valence electrons. The van der Waals surface area contributed by atoms with Crippen LogP contribution in [-0.2, 0) is 6.54 Å². The first-order chi connectivity index (χ1) is 6.46. The molecule has 2 N–H and O–H groups in total. The predicted octanol–water partition coefficient (Wildman–Crippen LogP) is 2.21. The molecule has 1 fully saturated rings. The highest BCUT2D eigenvalue weighted by atomic mass is 15.3. The van der Waals surface area contributed by atoms with Crippen LogP contribution in [0.5, 0.6) is 0 Å². The van der Waals surface area contributed by atoms with Crippen LogP contribution in [-0.4, -0.2) is 9.78 Å². The molecule has 1 saturated carbocycles. The minimum atomic E-state index is 0.553. The molecule has 0 bridgehead atoms. The molecule has 0 atom stereocenters. The van der Waals surface area contributed by atoms with Gasteiger partial charge in [0.2, 0.25) is 0 Å². The smallest absolute Gasteiger partial charge is 0.145 e. The maximum Gasteiger partial charge on any atom is 0.145 e. The van der Waals surface area contributed by atoms with Crippen LogP contribution in [0.3, 0.4) is 0 Å². The first-order valence-electron chi connectivity index (χ1n) is 5.26. The summed E-state index contributed by atoms with van der Waals surface area (Å²) in [4.78, 5) is 0. The lowest BCUT2D eigenvalue weighted by atomic mass is 9.64. The SMILES string of the molecule is Cc1cc(N)nn1CC1CC(C)(C)C1. The Labute approximate surface area is 85.3 Å². The molecule has 0 unspecified atom stereocenters. The normalized spacial score (nSPS) is 20.8. The predicted molar refractivity (Wildman–Crippen MR) is 57.9 cm³/mol. The quantitative estimate of drug-likeness (QED) is 0.782. The van der Waals surface area contributed by atoms with Gasteiger partial charge >= 0.3 is 0 Å². The number of hydrogen-bond donors (Lipinski definition) is 1. The van der Waals surface area contributed by atoms with Crippen molar-refractivity contribution in [2.24, 2.45) is 11.3 Å². The summed E-state index contributed by atoms with van der Waals surface area (Å²) in [6.07, 6.45) is 2.62. The van der Waals surface area contributed by atoms with E-state index in [1.54, 1.807) is 0 Å². The molecule has 1 aromatic heterocycles. The first kappa shape index (κ1) is 9.56. The van der Waals surface area contributed by atoms with Crippen LogP contribution in [0.4, 0.5) is 5.82 Å². The van der Waals surface area contributed by atoms with Gasteiger partial charge in [-0.05, 0) is 31.1 Å². The molecule has 3 heteroatoms. The molecule has 0 aromatic carbocycles. The van der Waals surface area contributed by atoms with Gasteiger partial charge in [-0.15, -0.1) is 0 Å². The van der Waals surface area contributed by atoms with Crippen molar-refractivity contribution in [2.75, 3.05) is 5.73 Å². The molecule has 1 aliphatic rings. The molecule has 0 amide bonds. The van der Waals surface area contributed by atoms with Crippen molar-refractivity contribution >= 4 is 5.82 Å². The average molecular weight is 193 g/mol. The van der Waals surface area contributed by atoms with Crippen LogP contribution in [0.25, 0.3) is 0 Å². The van der Waals surface area contributed by atoms with E-state index in [0.29, 0.717) is 11.2 Å². The van der Waals surface area contributed by atoms with Crippen LogP contribution in [0, 0.1) is 18.3 Å². The standard InChI is InChI=1S/C11H19N3/c1-8-4-10(12)13-14(8)7-9-5-11(2,3)6-9/h4,9H,5-7H2,1-3H3,(H2,12,13). The highest BCUT2D eigenvalue weighted by Gasteiger charge is 2.36. The maximum absolute atomic E-state index is 5.64. The summed E-state index contributed by atoms with van der Waals surface area (Å²) < 4.78 is 2.04. The van der Waals surface area contributed by atoms with Crippen molar-refractivity contribution in [3.05, 3.63) is 11.8 Å². The second-order valence-electron chi connectivity index (χ2n) is 5.33. The van der Waals surface area contributed by atoms with Gasteiger partial charge in [0.05, 0.1) is 0 Å². The van der Waals surface area contributed by atoms with E-state index in [1.165, 1.54) is 18.5 Å². The Kier molecular flexibility index (Phi) is 2.05. The molecular weight excluding hydrogens is 174 g/mol. The fourth-order valence-corrected chi connectivity index (χ4v) is 2.60. The van der Waals surface area contributed by atoms with Crippen molar-refractivity contribution in [1.82, 2.24) is 9.78 Å². The van der Waals surface area contributed by atoms with Crippen molar-refractivity contribution in [1.29, 1.82) is 0 Å². The van der Waals surface area contributed by atoms with Crippen LogP contribution in [0.15, 0.2) is 6.07 Å². The Bertz CT molecular complexity index is 330. The summed E-state index contributed by atoms with van der Waals surface area (Å²) in [5, 5.41) is 4.27. The summed E-state index contributed by atoms with van der Waals surface area (Å²) in [6, 6.07) is 1.93. The van der Waals surface area contributed by atoms with E-state index in [9.17, 15) is 0 Å². The monoisotopic (exact) mass is 193 g/mol. The van der Waals surface area contributed by atoms with E-state index >= 15 is 0 Å². The minimum Gasteiger partial charge on any atom is -0.382 e. The summed E-state index contributed by atoms with van der Waals surface area (Å²) in [7, 11) is 0. The van der Waals surface area contributed by atoms with Crippen molar-refractivity contribution in [3.63, 3.8) is 0 Å². The number of anilines is 1. The molecule has 1 aliphatic carbocycles. The first-order valence-corrected chi connectivity index (χ1v) is 5.26. The van der Waals surface area contributed by atoms with E-state index in [-0.39, 0.29) is 0 Å². The Morgan fingerprint density at radius 3 is 2.64 bits per heavy atom. The second-order valence-corrected chi connectivity index (χ2v) is 5.33. The lowest BCUT2D eigenvalue weighted by Crippen LogP contribution is -2.34. The largest absolute Gasteiger partial charge is 0.382 e. The maximum atomic E-state index is 5.64. The van der Waals surface area contributed by atoms with Gasteiger partial charge in [0, 0.05) is 18.3 Å². The molecule has 14 heavy (non-hydrogen) atoms. The minimum absolute atomic E-state index is 0.553. The summed E-state index contributed by atoms with van der Waals surface area (Å²) >= 11 is 0. The van der Waals surface area contributed by atoms with Crippen LogP contribution < -0.4 is 5.73 Å². The second kappa shape index (κ2) is 3.01. The highest BCUT2D eigenvalue weighted by molar-refractivity contribution is 5.28. The third kappa shape index (κ3) is 1.76. The van der Waals surface area contributed by atoms with Crippen molar-refractivity contribution in [3.8, 4) is 0 Å². The summed E-state index contributed by atoms with van der Waals surface area (Å²) in [5.74, 6) is 1.43. The molecule has 0 radical (unpaired) electrons. The molecule has 0 saturated heterocycles. The Morgan fingerprint density at radius 2 is 2.21 bits per heavy atom. The number of hydrogen-bond acceptors (Lipinski definition) is 2. The summed E-state index contributed by atoms with van der Waals surface area (Å²) in [5.41, 5.74) is 7.36. The Hall–Kier alpha value is -0.990. The van der Waals surface area contributed by atoms with E-state index in [2.05, 4.69) is 25.9 Å². The highest BCUT2D eigenvalue weighted by Crippen LogP contribution is 2.45. The summed E-state index contributed by atoms with van der Waals surface area (Å²) in [6.45, 7) is 7.75. The van der Waals surface area contributed by atoms with E-state index in [1.807, 2.05) is 10.7 Å². The number of rotatable bonds is 2. The molecule has 0 spiro atoms. The fraction of sp³-hybridized carbons (Fsp3) is 0.727. The molecule has 3 nitrogen and oxygen atoms in total. The van der Waals surface area contributed by atoms with Crippen molar-refractivity contribution in [2.45, 2.75) is 40.2 Å². The third-order valence-corrected chi connectivity index (χ3v) is 3.11. The number of aryl methyl sites for hydroxylation is 1. The molecular formula is C11H19N3. The van der Waals surface area contributed by atoms with Gasteiger partial charge in [0.1, 0.15) is 5.82 Å². The van der Waals surface area contributed by atoms with Crippen LogP contribution >= 0.6 is 0 Å². The van der Waals surface area contributed by atoms with Gasteiger partial charge in [0.15, 0.2) is 0 Å². The lowest BCUT2D eigenvalue weighted by molar-refractivity contribution is 0.0795. The number of aromatic nitrogens is 2. The molecule has 1 aromatic rings. The fourth-order valence-electron chi connectivity index (χ4n) is 2.60. The molecule has 2 rings (SSSR count). The molecule has 1 heterocycles. The number of nitrogens with two attached hydrogens (primary N) is 1. The van der Waals surface area contributed by atoms with Gasteiger partial charge < -0.3 is 5.73 Å². The third-order valence-electron chi connectivity index (χ3n) is 3.11. The van der Waals surface area contributed by atoms with E-state index < -0.39 is 0 Å². The van der Waals surface area contributed by atoms with Gasteiger partial charge in [-0.3, -0.25) is 4.68 Å². The number of nitrogen functional groups attached to an aromatic ring is 1. The Morgan fingerprint density at radius 1 is 1.57 bits per heavy atom. The zero-order chi connectivity index (χ0) is 10.3. The van der Waals surface area contributed by atoms with Crippen LogP contribution in [0.2, 0.25) is 0 Å².